The first-order valence-electron chi connectivity index (χ1n) is 11.7. The van der Waals surface area contributed by atoms with Gasteiger partial charge in [-0.1, -0.05) is 29.3 Å². The first-order valence-corrected chi connectivity index (χ1v) is 18.0. The lowest BCUT2D eigenvalue weighted by molar-refractivity contribution is 0.175. The van der Waals surface area contributed by atoms with Crippen LogP contribution >= 0.6 is 23.7 Å². The van der Waals surface area contributed by atoms with E-state index >= 15 is 0 Å². The van der Waals surface area contributed by atoms with Gasteiger partial charge in [-0.05, 0) is 73.5 Å². The molecule has 2 aromatic carbocycles. The van der Waals surface area contributed by atoms with Crippen LogP contribution in [-0.2, 0) is 30.3 Å². The number of rotatable bonds is 14. The summed E-state index contributed by atoms with van der Waals surface area (Å²) in [6.45, 7) is 4.11. The Balaban J connectivity index is 1.59. The van der Waals surface area contributed by atoms with Gasteiger partial charge in [0.1, 0.15) is 23.1 Å². The monoisotopic (exact) mass is 573 g/mol. The smallest absolute Gasteiger partial charge is 0.344 e. The zero-order valence-corrected chi connectivity index (χ0v) is 25.5. The molecule has 3 rings (SSSR count). The van der Waals surface area contributed by atoms with Crippen LogP contribution in [0.15, 0.2) is 53.6 Å². The van der Waals surface area contributed by atoms with E-state index in [9.17, 15) is 9.67 Å². The normalized spacial score (nSPS) is 19.6. The second kappa shape index (κ2) is 13.1. The lowest BCUT2D eigenvalue weighted by Crippen LogP contribution is -2.27. The Morgan fingerprint density at radius 3 is 2.39 bits per heavy atom. The minimum Gasteiger partial charge on any atom is -0.508 e. The molecular weight excluding hydrogens is 535 g/mol. The van der Waals surface area contributed by atoms with Crippen molar-refractivity contribution in [3.63, 3.8) is 0 Å². The molecule has 8 nitrogen and oxygen atoms in total. The third-order valence-electron chi connectivity index (χ3n) is 6.18. The quantitative estimate of drug-likeness (QED) is 0.234. The molecule has 2 aromatic rings. The molecule has 36 heavy (non-hydrogen) atoms. The predicted molar refractivity (Wildman–Crippen MR) is 156 cm³/mol. The number of hydrazone groups is 1. The first kappa shape index (κ1) is 29.4. The minimum atomic E-state index is -3.08. The molecule has 0 bridgehead atoms. The standard InChI is InChI=1S/C24H38N3O5P3S/c1-6-24(2,34-27(36(34)5)25-17-21-7-11-22(28)12-8-21)32-23-13-9-20(10-14-23)15-16-26(18-33)19-35(29,30-3)31-4/h7-14,17,28,34H,6,15-16,18-19,33H2,1-5H3. The molecule has 0 saturated carbocycles. The Labute approximate surface area is 220 Å². The van der Waals surface area contributed by atoms with Crippen LogP contribution < -0.4 is 4.74 Å². The molecule has 0 aromatic heterocycles. The van der Waals surface area contributed by atoms with Crippen LogP contribution in [0.4, 0.5) is 0 Å². The van der Waals surface area contributed by atoms with Crippen LogP contribution in [0, 0.1) is 0 Å². The third kappa shape index (κ3) is 7.68. The lowest BCUT2D eigenvalue weighted by atomic mass is 10.1. The molecule has 0 amide bonds. The van der Waals surface area contributed by atoms with Crippen LogP contribution in [0.5, 0.6) is 11.5 Å². The minimum absolute atomic E-state index is 0.0802. The van der Waals surface area contributed by atoms with Crippen LogP contribution in [-0.4, -0.2) is 65.3 Å². The highest BCUT2D eigenvalue weighted by molar-refractivity contribution is 8.38. The zero-order valence-electron chi connectivity index (χ0n) is 21.6. The Morgan fingerprint density at radius 1 is 1.19 bits per heavy atom. The van der Waals surface area contributed by atoms with E-state index in [1.165, 1.54) is 19.8 Å². The SMILES string of the molecule is CCC(C)(Oc1ccc(CCN(CP)CP(=O)(OC)OC)cc1)[PH]1=S(C)N1N=Cc1ccc(O)cc1. The number of ether oxygens (including phenoxy) is 1. The highest BCUT2D eigenvalue weighted by Crippen LogP contribution is 2.61. The van der Waals surface area contributed by atoms with Crippen LogP contribution in [0.3, 0.4) is 0 Å². The van der Waals surface area contributed by atoms with E-state index in [-0.39, 0.29) is 27.6 Å². The predicted octanol–water partition coefficient (Wildman–Crippen LogP) is 5.57. The van der Waals surface area contributed by atoms with Crippen molar-refractivity contribution >= 4 is 40.2 Å². The van der Waals surface area contributed by atoms with Gasteiger partial charge in [0, 0.05) is 27.1 Å². The van der Waals surface area contributed by atoms with Crippen molar-refractivity contribution in [1.82, 2.24) is 9.08 Å². The maximum absolute atomic E-state index is 12.4. The van der Waals surface area contributed by atoms with Crippen molar-refractivity contribution < 1.29 is 23.5 Å². The molecule has 1 N–H and O–H groups in total. The average molecular weight is 574 g/mol. The summed E-state index contributed by atoms with van der Waals surface area (Å²) in [6.07, 6.45) is 6.74. The molecule has 1 aliphatic heterocycles. The molecule has 0 saturated heterocycles. The lowest BCUT2D eigenvalue weighted by Gasteiger charge is -2.28. The Kier molecular flexibility index (Phi) is 10.7. The molecule has 0 aliphatic carbocycles. The molecule has 4 atom stereocenters. The summed E-state index contributed by atoms with van der Waals surface area (Å²) in [5, 5.41) is 13.9. The number of nitrogens with zero attached hydrogens (tertiary/aromatic N) is 3. The summed E-state index contributed by atoms with van der Waals surface area (Å²) < 4.78 is 31.3. The summed E-state index contributed by atoms with van der Waals surface area (Å²) in [5.74, 6) is 1.11. The largest absolute Gasteiger partial charge is 0.508 e. The first-order chi connectivity index (χ1) is 17.2. The van der Waals surface area contributed by atoms with Gasteiger partial charge in [-0.15, -0.1) is 9.24 Å². The molecule has 4 unspecified atom stereocenters. The van der Waals surface area contributed by atoms with E-state index in [1.54, 1.807) is 12.1 Å². The van der Waals surface area contributed by atoms with E-state index in [1.807, 2.05) is 35.4 Å². The number of phenolic OH excluding ortho intramolecular Hbond substituents is 1. The second-order valence-electron chi connectivity index (χ2n) is 8.67. The average Bonchev–Trinajstić information content (AvgIpc) is 3.56. The zero-order chi connectivity index (χ0) is 26.3. The van der Waals surface area contributed by atoms with Crippen molar-refractivity contribution in [2.75, 3.05) is 39.6 Å². The van der Waals surface area contributed by atoms with Crippen LogP contribution in [0.2, 0.25) is 0 Å². The number of phenols is 1. The summed E-state index contributed by atoms with van der Waals surface area (Å²) in [7, 11) is 2.51. The van der Waals surface area contributed by atoms with Crippen molar-refractivity contribution in [3.05, 3.63) is 59.7 Å². The molecule has 12 heteroatoms. The molecular formula is C24H38N3O5P3S. The van der Waals surface area contributed by atoms with Crippen molar-refractivity contribution in [2.24, 2.45) is 5.10 Å². The van der Waals surface area contributed by atoms with Gasteiger partial charge < -0.3 is 18.9 Å². The summed E-state index contributed by atoms with van der Waals surface area (Å²) in [5.41, 5.74) is 2.14. The number of hydrogen-bond acceptors (Lipinski definition) is 8. The molecule has 0 radical (unpaired) electrons. The molecule has 200 valence electrons. The maximum Gasteiger partial charge on any atom is 0.344 e. The molecule has 0 fully saturated rings. The van der Waals surface area contributed by atoms with Crippen LogP contribution in [0.25, 0.3) is 0 Å². The number of benzene rings is 2. The Bertz CT molecular complexity index is 1120. The summed E-state index contributed by atoms with van der Waals surface area (Å²) >= 11 is 0. The van der Waals surface area contributed by atoms with E-state index < -0.39 is 14.4 Å². The number of hydrogen-bond donors (Lipinski definition) is 1. The van der Waals surface area contributed by atoms with E-state index in [2.05, 4.69) is 45.7 Å². The summed E-state index contributed by atoms with van der Waals surface area (Å²) in [4.78, 5) is 2.05. The maximum atomic E-state index is 12.4. The van der Waals surface area contributed by atoms with Crippen molar-refractivity contribution in [2.45, 2.75) is 32.0 Å². The van der Waals surface area contributed by atoms with Gasteiger partial charge in [0.25, 0.3) is 0 Å². The van der Waals surface area contributed by atoms with Gasteiger partial charge in [-0.2, -0.15) is 5.10 Å². The van der Waals surface area contributed by atoms with Gasteiger partial charge >= 0.3 is 7.60 Å². The van der Waals surface area contributed by atoms with Gasteiger partial charge in [0.15, 0.2) is 0 Å². The Hall–Kier alpha value is -1.17. The Morgan fingerprint density at radius 2 is 1.83 bits per heavy atom. The van der Waals surface area contributed by atoms with Gasteiger partial charge in [0.2, 0.25) is 0 Å². The third-order valence-corrected chi connectivity index (χ3v) is 16.1. The van der Waals surface area contributed by atoms with E-state index in [0.717, 1.165) is 30.7 Å². The van der Waals surface area contributed by atoms with Gasteiger partial charge in [-0.25, -0.2) is 4.18 Å². The van der Waals surface area contributed by atoms with Gasteiger partial charge in [-0.3, -0.25) is 9.46 Å². The van der Waals surface area contributed by atoms with E-state index in [0.29, 0.717) is 6.29 Å². The molecule has 0 spiro atoms. The second-order valence-corrected chi connectivity index (χ2v) is 17.9. The van der Waals surface area contributed by atoms with E-state index in [4.69, 9.17) is 18.9 Å². The molecule has 1 heterocycles. The summed E-state index contributed by atoms with van der Waals surface area (Å²) in [6, 6.07) is 15.3. The molecule has 1 aliphatic rings. The van der Waals surface area contributed by atoms with Crippen molar-refractivity contribution in [3.8, 4) is 11.5 Å². The fraction of sp³-hybridized carbons (Fsp3) is 0.458. The fourth-order valence-electron chi connectivity index (χ4n) is 3.70. The highest BCUT2D eigenvalue weighted by Gasteiger charge is 2.43. The topological polar surface area (TPSA) is 83.6 Å². The van der Waals surface area contributed by atoms with Crippen LogP contribution in [0.1, 0.15) is 31.4 Å². The number of aromatic hydroxyl groups is 1. The van der Waals surface area contributed by atoms with Gasteiger partial charge in [0.05, 0.1) is 13.1 Å². The fourth-order valence-corrected chi connectivity index (χ4v) is 13.1. The highest BCUT2D eigenvalue weighted by atomic mass is 32.6. The van der Waals surface area contributed by atoms with Crippen molar-refractivity contribution in [1.29, 1.82) is 0 Å².